The summed E-state index contributed by atoms with van der Waals surface area (Å²) < 4.78 is 40.2. The second-order valence-electron chi connectivity index (χ2n) is 7.85. The predicted molar refractivity (Wildman–Crippen MR) is 128 cm³/mol. The Balaban J connectivity index is 2.44. The molecule has 0 radical (unpaired) electrons. The van der Waals surface area contributed by atoms with E-state index < -0.39 is 40.2 Å². The molecule has 0 spiro atoms. The van der Waals surface area contributed by atoms with Gasteiger partial charge in [0.25, 0.3) is 0 Å². The van der Waals surface area contributed by atoms with Crippen LogP contribution in [0.5, 0.6) is 0 Å². The molecule has 0 bridgehead atoms. The molecular weight excluding hydrogens is 492 g/mol. The Kier molecular flexibility index (Phi) is 9.11. The van der Waals surface area contributed by atoms with E-state index in [1.807, 2.05) is 0 Å². The molecule has 33 heavy (non-hydrogen) atoms. The van der Waals surface area contributed by atoms with Crippen molar-refractivity contribution >= 4 is 50.7 Å². The second-order valence-corrected chi connectivity index (χ2v) is 10.6. The van der Waals surface area contributed by atoms with Gasteiger partial charge in [-0.3, -0.25) is 13.9 Å². The number of hydrogen-bond acceptors (Lipinski definition) is 4. The topological polar surface area (TPSA) is 86.8 Å². The van der Waals surface area contributed by atoms with Crippen LogP contribution in [0, 0.1) is 5.82 Å². The van der Waals surface area contributed by atoms with Crippen molar-refractivity contribution < 1.29 is 22.4 Å². The highest BCUT2D eigenvalue weighted by Crippen LogP contribution is 2.27. The third-order valence-corrected chi connectivity index (χ3v) is 6.29. The first-order chi connectivity index (χ1) is 15.3. The number of hydrogen-bond donors (Lipinski definition) is 1. The van der Waals surface area contributed by atoms with Crippen LogP contribution < -0.4 is 9.62 Å². The van der Waals surface area contributed by atoms with E-state index in [1.54, 1.807) is 19.9 Å². The first kappa shape index (κ1) is 26.9. The van der Waals surface area contributed by atoms with E-state index in [4.69, 9.17) is 23.2 Å². The lowest BCUT2D eigenvalue weighted by Crippen LogP contribution is -2.52. The smallest absolute Gasteiger partial charge is 0.244 e. The van der Waals surface area contributed by atoms with E-state index in [2.05, 4.69) is 5.32 Å². The molecule has 0 aromatic heterocycles. The lowest BCUT2D eigenvalue weighted by atomic mass is 10.1. The second kappa shape index (κ2) is 11.2. The van der Waals surface area contributed by atoms with Gasteiger partial charge in [-0.2, -0.15) is 0 Å². The Labute approximate surface area is 203 Å². The highest BCUT2D eigenvalue weighted by Gasteiger charge is 2.31. The van der Waals surface area contributed by atoms with Gasteiger partial charge >= 0.3 is 0 Å². The maximum Gasteiger partial charge on any atom is 0.244 e. The number of nitrogens with one attached hydrogen (secondary N) is 1. The van der Waals surface area contributed by atoms with Crippen LogP contribution in [0.4, 0.5) is 10.1 Å². The van der Waals surface area contributed by atoms with Crippen molar-refractivity contribution in [3.8, 4) is 0 Å². The van der Waals surface area contributed by atoms with Gasteiger partial charge in [0.2, 0.25) is 21.8 Å². The van der Waals surface area contributed by atoms with Gasteiger partial charge in [0, 0.05) is 28.2 Å². The maximum absolute atomic E-state index is 14.3. The van der Waals surface area contributed by atoms with Gasteiger partial charge in [-0.15, -0.1) is 0 Å². The molecule has 0 aliphatic carbocycles. The quantitative estimate of drug-likeness (QED) is 0.547. The molecule has 0 aliphatic rings. The summed E-state index contributed by atoms with van der Waals surface area (Å²) in [4.78, 5) is 27.1. The maximum atomic E-state index is 14.3. The standard InChI is InChI=1S/C22H26Cl2FN3O4S/c1-14(2)26-22(30)15(3)27(12-16-7-5-6-8-20(16)25)21(29)13-28(33(4,31)32)19-10-17(23)9-18(24)11-19/h5-11,14-15H,12-13H2,1-4H3,(H,26,30). The lowest BCUT2D eigenvalue weighted by Gasteiger charge is -2.32. The first-order valence-electron chi connectivity index (χ1n) is 10.1. The Morgan fingerprint density at radius 2 is 1.64 bits per heavy atom. The summed E-state index contributed by atoms with van der Waals surface area (Å²) in [5, 5.41) is 3.09. The highest BCUT2D eigenvalue weighted by molar-refractivity contribution is 7.92. The van der Waals surface area contributed by atoms with Gasteiger partial charge in [0.15, 0.2) is 0 Å². The predicted octanol–water partition coefficient (Wildman–Crippen LogP) is 3.84. The number of benzene rings is 2. The van der Waals surface area contributed by atoms with Gasteiger partial charge in [-0.1, -0.05) is 41.4 Å². The van der Waals surface area contributed by atoms with Gasteiger partial charge in [0.1, 0.15) is 18.4 Å². The zero-order valence-corrected chi connectivity index (χ0v) is 21.0. The minimum absolute atomic E-state index is 0.0912. The zero-order valence-electron chi connectivity index (χ0n) is 18.7. The number of sulfonamides is 1. The molecule has 2 rings (SSSR count). The number of carbonyl (C=O) groups is 2. The lowest BCUT2D eigenvalue weighted by molar-refractivity contribution is -0.139. The minimum atomic E-state index is -3.93. The zero-order chi connectivity index (χ0) is 24.9. The summed E-state index contributed by atoms with van der Waals surface area (Å²) in [5.74, 6) is -1.70. The van der Waals surface area contributed by atoms with Crippen molar-refractivity contribution in [3.63, 3.8) is 0 Å². The Bertz CT molecular complexity index is 1110. The molecule has 1 unspecified atom stereocenters. The molecule has 0 saturated heterocycles. The van der Waals surface area contributed by atoms with Crippen LogP contribution >= 0.6 is 23.2 Å². The summed E-state index contributed by atoms with van der Waals surface area (Å²) >= 11 is 12.0. The molecule has 2 aromatic rings. The van der Waals surface area contributed by atoms with Crippen molar-refractivity contribution in [2.75, 3.05) is 17.1 Å². The monoisotopic (exact) mass is 517 g/mol. The van der Waals surface area contributed by atoms with E-state index >= 15 is 0 Å². The van der Waals surface area contributed by atoms with E-state index in [-0.39, 0.29) is 33.9 Å². The minimum Gasteiger partial charge on any atom is -0.352 e. The van der Waals surface area contributed by atoms with Crippen molar-refractivity contribution in [3.05, 3.63) is 63.9 Å². The number of amides is 2. The van der Waals surface area contributed by atoms with Crippen molar-refractivity contribution in [2.24, 2.45) is 0 Å². The normalized spacial score (nSPS) is 12.4. The number of anilines is 1. The molecular formula is C22H26Cl2FN3O4S. The Morgan fingerprint density at radius 3 is 2.15 bits per heavy atom. The summed E-state index contributed by atoms with van der Waals surface area (Å²) in [5.41, 5.74) is 0.278. The van der Waals surface area contributed by atoms with Crippen LogP contribution in [-0.2, 0) is 26.2 Å². The SMILES string of the molecule is CC(C)NC(=O)C(C)N(Cc1ccccc1F)C(=O)CN(c1cc(Cl)cc(Cl)c1)S(C)(=O)=O. The van der Waals surface area contributed by atoms with Crippen molar-refractivity contribution in [1.82, 2.24) is 10.2 Å². The molecule has 7 nitrogen and oxygen atoms in total. The average Bonchev–Trinajstić information content (AvgIpc) is 2.68. The third kappa shape index (κ3) is 7.58. The summed E-state index contributed by atoms with van der Waals surface area (Å²) in [6.45, 7) is 4.16. The fourth-order valence-corrected chi connectivity index (χ4v) is 4.44. The molecule has 0 heterocycles. The van der Waals surface area contributed by atoms with Gasteiger partial charge in [0.05, 0.1) is 11.9 Å². The van der Waals surface area contributed by atoms with E-state index in [1.165, 1.54) is 43.3 Å². The van der Waals surface area contributed by atoms with Crippen molar-refractivity contribution in [1.29, 1.82) is 0 Å². The van der Waals surface area contributed by atoms with E-state index in [0.717, 1.165) is 15.5 Å². The van der Waals surface area contributed by atoms with Crippen LogP contribution in [0.1, 0.15) is 26.3 Å². The fraction of sp³-hybridized carbons (Fsp3) is 0.364. The van der Waals surface area contributed by atoms with E-state index in [9.17, 15) is 22.4 Å². The number of nitrogens with zero attached hydrogens (tertiary/aromatic N) is 2. The largest absolute Gasteiger partial charge is 0.352 e. The summed E-state index contributed by atoms with van der Waals surface area (Å²) in [7, 11) is -3.93. The molecule has 0 fully saturated rings. The van der Waals surface area contributed by atoms with Crippen LogP contribution in [0.3, 0.4) is 0 Å². The van der Waals surface area contributed by atoms with Gasteiger partial charge < -0.3 is 10.2 Å². The molecule has 2 aromatic carbocycles. The fourth-order valence-electron chi connectivity index (χ4n) is 3.09. The number of rotatable bonds is 9. The molecule has 0 aliphatic heterocycles. The molecule has 11 heteroatoms. The summed E-state index contributed by atoms with van der Waals surface area (Å²) in [6, 6.07) is 8.81. The van der Waals surface area contributed by atoms with Gasteiger partial charge in [-0.25, -0.2) is 12.8 Å². The highest BCUT2D eigenvalue weighted by atomic mass is 35.5. The van der Waals surface area contributed by atoms with Crippen LogP contribution in [0.2, 0.25) is 10.0 Å². The number of carbonyl (C=O) groups excluding carboxylic acids is 2. The molecule has 0 saturated carbocycles. The molecule has 1 N–H and O–H groups in total. The summed E-state index contributed by atoms with van der Waals surface area (Å²) in [6.07, 6.45) is 0.936. The van der Waals surface area contributed by atoms with Crippen LogP contribution in [0.25, 0.3) is 0 Å². The Hall–Kier alpha value is -2.36. The van der Waals surface area contributed by atoms with Crippen LogP contribution in [0.15, 0.2) is 42.5 Å². The molecule has 180 valence electrons. The molecule has 1 atom stereocenters. The third-order valence-electron chi connectivity index (χ3n) is 4.71. The average molecular weight is 518 g/mol. The Morgan fingerprint density at radius 1 is 1.06 bits per heavy atom. The van der Waals surface area contributed by atoms with E-state index in [0.29, 0.717) is 0 Å². The van der Waals surface area contributed by atoms with Crippen molar-refractivity contribution in [2.45, 2.75) is 39.4 Å². The molecule has 2 amide bonds. The number of halogens is 3. The van der Waals surface area contributed by atoms with Crippen LogP contribution in [-0.4, -0.2) is 50.0 Å². The first-order valence-corrected chi connectivity index (χ1v) is 12.7. The van der Waals surface area contributed by atoms with Gasteiger partial charge in [-0.05, 0) is 45.0 Å².